The van der Waals surface area contributed by atoms with E-state index in [1.54, 1.807) is 44.6 Å². The van der Waals surface area contributed by atoms with Crippen LogP contribution in [0.25, 0.3) is 0 Å². The average Bonchev–Trinajstić information content (AvgIpc) is 3.15. The van der Waals surface area contributed by atoms with Crippen LogP contribution >= 0.6 is 0 Å². The smallest absolute Gasteiger partial charge is 0.169 e. The predicted octanol–water partition coefficient (Wildman–Crippen LogP) is 8.84. The number of aliphatic hydroxyl groups is 1. The molecule has 0 spiro atoms. The Hall–Kier alpha value is -5.87. The zero-order chi connectivity index (χ0) is 40.4. The fraction of sp³-hybridized carbons (Fsp3) is 0.295. The number of hydrogen-bond acceptors (Lipinski definition) is 10. The summed E-state index contributed by atoms with van der Waals surface area (Å²) in [5.74, 6) is 1.87. The van der Waals surface area contributed by atoms with E-state index in [1.807, 2.05) is 32.0 Å². The van der Waals surface area contributed by atoms with Gasteiger partial charge in [0.05, 0.1) is 45.7 Å². The van der Waals surface area contributed by atoms with E-state index in [9.17, 15) is 29.7 Å². The summed E-state index contributed by atoms with van der Waals surface area (Å²) < 4.78 is 20.5. The van der Waals surface area contributed by atoms with Crippen LogP contribution < -0.4 is 18.9 Å². The maximum absolute atomic E-state index is 12.5. The van der Waals surface area contributed by atoms with Gasteiger partial charge in [0, 0.05) is 24.1 Å². The molecule has 0 fully saturated rings. The third-order valence-corrected chi connectivity index (χ3v) is 8.06. The number of allylic oxidation sites excluding steroid dienone is 4. The van der Waals surface area contributed by atoms with Gasteiger partial charge >= 0.3 is 0 Å². The summed E-state index contributed by atoms with van der Waals surface area (Å²) >= 11 is 0. The van der Waals surface area contributed by atoms with Crippen LogP contribution in [0.1, 0.15) is 94.9 Å². The minimum atomic E-state index is -0.977. The molecule has 0 aromatic heterocycles. The minimum absolute atomic E-state index is 0.0400. The van der Waals surface area contributed by atoms with Gasteiger partial charge < -0.3 is 34.3 Å². The zero-order valence-electron chi connectivity index (χ0n) is 32.6. The van der Waals surface area contributed by atoms with Crippen molar-refractivity contribution >= 4 is 17.9 Å². The number of phenols is 2. The number of aromatic hydroxyl groups is 2. The number of ketones is 2. The van der Waals surface area contributed by atoms with Crippen LogP contribution in [0.3, 0.4) is 0 Å². The van der Waals surface area contributed by atoms with Crippen molar-refractivity contribution in [1.82, 2.24) is 0 Å². The minimum Gasteiger partial charge on any atom is -0.507 e. The van der Waals surface area contributed by atoms with E-state index in [0.29, 0.717) is 34.6 Å². The molecule has 0 amide bonds. The highest BCUT2D eigenvalue weighted by Crippen LogP contribution is 2.30. The second-order valence-corrected chi connectivity index (χ2v) is 12.7. The number of hydrogen-bond donors (Lipinski definition) is 3. The number of aliphatic hydroxyl groups excluding tert-OH is 1. The van der Waals surface area contributed by atoms with Crippen molar-refractivity contribution in [3.8, 4) is 34.5 Å². The van der Waals surface area contributed by atoms with Crippen LogP contribution in [-0.2, 0) is 12.8 Å². The van der Waals surface area contributed by atoms with Gasteiger partial charge in [-0.25, -0.2) is 0 Å². The number of carbonyl (C=O) groups excluding carboxylic acids is 3. The second kappa shape index (κ2) is 22.3. The van der Waals surface area contributed by atoms with Crippen molar-refractivity contribution in [2.75, 3.05) is 28.4 Å². The number of carbonyl (C=O) groups is 3. The Balaban J connectivity index is 0.000000313. The van der Waals surface area contributed by atoms with E-state index < -0.39 is 6.10 Å². The lowest BCUT2D eigenvalue weighted by molar-refractivity contribution is 0.0876. The Labute approximate surface area is 318 Å². The van der Waals surface area contributed by atoms with Gasteiger partial charge in [-0.1, -0.05) is 29.4 Å². The van der Waals surface area contributed by atoms with Crippen LogP contribution in [0.15, 0.2) is 96.1 Å². The molecule has 0 radical (unpaired) electrons. The lowest BCUT2D eigenvalue weighted by Gasteiger charge is -2.14. The Morgan fingerprint density at radius 2 is 1.11 bits per heavy atom. The molecule has 0 bridgehead atoms. The highest BCUT2D eigenvalue weighted by molar-refractivity contribution is 5.99. The van der Waals surface area contributed by atoms with Gasteiger partial charge in [0.25, 0.3) is 0 Å². The third-order valence-electron chi connectivity index (χ3n) is 8.06. The van der Waals surface area contributed by atoms with Gasteiger partial charge in [-0.3, -0.25) is 14.4 Å². The van der Waals surface area contributed by atoms with Crippen LogP contribution in [0, 0.1) is 0 Å². The number of phenolic OH excluding ortho intramolecular Hbond substituents is 2. The topological polar surface area (TPSA) is 149 Å². The molecule has 0 aliphatic carbocycles. The quantitative estimate of drug-likeness (QED) is 0.0650. The summed E-state index contributed by atoms with van der Waals surface area (Å²) in [4.78, 5) is 34.0. The van der Waals surface area contributed by atoms with Crippen LogP contribution in [-0.4, -0.2) is 61.6 Å². The lowest BCUT2D eigenvalue weighted by Crippen LogP contribution is -2.08. The molecule has 10 heteroatoms. The summed E-state index contributed by atoms with van der Waals surface area (Å²) in [5, 5.41) is 29.8. The highest BCUT2D eigenvalue weighted by atomic mass is 16.5. The van der Waals surface area contributed by atoms with E-state index in [-0.39, 0.29) is 35.0 Å². The summed E-state index contributed by atoms with van der Waals surface area (Å²) in [6.07, 6.45) is 5.42. The molecule has 0 aliphatic rings. The number of ether oxygens (including phenoxy) is 4. The maximum atomic E-state index is 12.5. The van der Waals surface area contributed by atoms with Gasteiger partial charge in [0.15, 0.2) is 11.6 Å². The first-order chi connectivity index (χ1) is 25.7. The van der Waals surface area contributed by atoms with Gasteiger partial charge in [0.1, 0.15) is 40.8 Å². The molecule has 3 N–H and O–H groups in total. The summed E-state index contributed by atoms with van der Waals surface area (Å²) in [5.41, 5.74) is 6.23. The van der Waals surface area contributed by atoms with Crippen molar-refractivity contribution in [2.45, 2.75) is 60.0 Å². The zero-order valence-corrected chi connectivity index (χ0v) is 32.6. The van der Waals surface area contributed by atoms with Gasteiger partial charge in [-0.05, 0) is 119 Å². The SMILES string of the molecule is COc1ccc(C(=O)CC(O)c2ccc(OC)c(CC=C(C)C)c2)c(O)c1.COc1ccc(C(C)=O)c(O)c1.COc1ccc(C=O)cc1CC=C(C)C. The summed E-state index contributed by atoms with van der Waals surface area (Å²) in [7, 11) is 6.23. The van der Waals surface area contributed by atoms with Crippen molar-refractivity contribution in [2.24, 2.45) is 0 Å². The fourth-order valence-corrected chi connectivity index (χ4v) is 5.04. The normalized spacial score (nSPS) is 10.6. The van der Waals surface area contributed by atoms with Gasteiger partial charge in [-0.15, -0.1) is 0 Å². The number of aldehydes is 1. The Bertz CT molecular complexity index is 1930. The van der Waals surface area contributed by atoms with Crippen molar-refractivity contribution < 1.29 is 48.7 Å². The molecule has 1 unspecified atom stereocenters. The molecule has 4 aromatic rings. The van der Waals surface area contributed by atoms with E-state index in [1.165, 1.54) is 56.6 Å². The molecular weight excluding hydrogens is 688 g/mol. The second-order valence-electron chi connectivity index (χ2n) is 12.7. The monoisotopic (exact) mass is 740 g/mol. The molecule has 4 rings (SSSR count). The number of rotatable bonds is 14. The number of methoxy groups -OCH3 is 4. The molecule has 10 nitrogen and oxygen atoms in total. The fourth-order valence-electron chi connectivity index (χ4n) is 5.04. The largest absolute Gasteiger partial charge is 0.507 e. The van der Waals surface area contributed by atoms with Gasteiger partial charge in [0.2, 0.25) is 0 Å². The van der Waals surface area contributed by atoms with Crippen molar-refractivity contribution in [3.63, 3.8) is 0 Å². The number of Topliss-reactive ketones (excluding diaryl/α,β-unsaturated/α-hetero) is 2. The Morgan fingerprint density at radius 1 is 0.630 bits per heavy atom. The van der Waals surface area contributed by atoms with E-state index in [4.69, 9.17) is 18.9 Å². The molecule has 1 atom stereocenters. The molecular formula is C44H52O10. The van der Waals surface area contributed by atoms with Crippen molar-refractivity contribution in [3.05, 3.63) is 129 Å². The van der Waals surface area contributed by atoms with E-state index in [2.05, 4.69) is 26.0 Å². The molecule has 0 saturated heterocycles. The van der Waals surface area contributed by atoms with E-state index >= 15 is 0 Å². The molecule has 4 aromatic carbocycles. The predicted molar refractivity (Wildman–Crippen MR) is 211 cm³/mol. The third kappa shape index (κ3) is 13.9. The first-order valence-corrected chi connectivity index (χ1v) is 17.2. The first kappa shape index (κ1) is 44.3. The van der Waals surface area contributed by atoms with Crippen LogP contribution in [0.4, 0.5) is 0 Å². The first-order valence-electron chi connectivity index (χ1n) is 17.2. The standard InChI is InChI=1S/C22H26O5.C13H16O2.C9H10O3/c1-14(2)5-6-16-11-15(7-10-22(16)27-4)19(23)13-21(25)18-9-8-17(26-3)12-20(18)24;1-10(2)4-6-12-8-11(9-14)5-7-13(12)15-3;1-6(10)8-4-3-7(12-2)5-9(8)11/h5,7-12,19,23-24H,6,13H2,1-4H3;4-5,7-9H,6H2,1-3H3;3-5,11H,1-2H3. The van der Waals surface area contributed by atoms with Crippen LogP contribution in [0.2, 0.25) is 0 Å². The van der Waals surface area contributed by atoms with Crippen molar-refractivity contribution in [1.29, 1.82) is 0 Å². The van der Waals surface area contributed by atoms with Crippen LogP contribution in [0.5, 0.6) is 34.5 Å². The molecule has 288 valence electrons. The highest BCUT2D eigenvalue weighted by Gasteiger charge is 2.19. The van der Waals surface area contributed by atoms with E-state index in [0.717, 1.165) is 35.3 Å². The average molecular weight is 741 g/mol. The summed E-state index contributed by atoms with van der Waals surface area (Å²) in [6, 6.07) is 19.9. The Kier molecular flexibility index (Phi) is 18.3. The van der Waals surface area contributed by atoms with Gasteiger partial charge in [-0.2, -0.15) is 0 Å². The molecule has 54 heavy (non-hydrogen) atoms. The molecule has 0 aliphatic heterocycles. The number of benzene rings is 4. The lowest BCUT2D eigenvalue weighted by atomic mass is 9.97. The molecule has 0 heterocycles. The molecule has 0 saturated carbocycles. The maximum Gasteiger partial charge on any atom is 0.169 e. The summed E-state index contributed by atoms with van der Waals surface area (Å²) in [6.45, 7) is 9.55. The Morgan fingerprint density at radius 3 is 1.54 bits per heavy atom.